The molecule has 0 unspecified atom stereocenters. The van der Waals surface area contributed by atoms with Gasteiger partial charge in [-0.25, -0.2) is 9.18 Å². The first-order chi connectivity index (χ1) is 11.5. The zero-order chi connectivity index (χ0) is 19.2. The topological polar surface area (TPSA) is 90.6 Å². The standard InChI is InChI=1S/C16H21BrClFN2O4/c1-16(2,3)25-15(23)21-10(4-5-13(20)22)8-24-12-7-9(19)6-11(17)14(12)18/h6-7,10H,4-5,8H2,1-3H3,(H2,20,22)(H,21,23)/t10-/m0/s1. The highest BCUT2D eigenvalue weighted by Gasteiger charge is 2.21. The van der Waals surface area contributed by atoms with Crippen molar-refractivity contribution in [2.24, 2.45) is 5.73 Å². The van der Waals surface area contributed by atoms with Crippen LogP contribution in [0.25, 0.3) is 0 Å². The van der Waals surface area contributed by atoms with Crippen LogP contribution in [0.1, 0.15) is 33.6 Å². The van der Waals surface area contributed by atoms with E-state index in [1.807, 2.05) is 0 Å². The number of hydrogen-bond donors (Lipinski definition) is 2. The lowest BCUT2D eigenvalue weighted by atomic mass is 10.1. The number of hydrogen-bond acceptors (Lipinski definition) is 4. The van der Waals surface area contributed by atoms with Crippen molar-refractivity contribution in [1.29, 1.82) is 0 Å². The number of ether oxygens (including phenoxy) is 2. The number of benzene rings is 1. The molecule has 0 aliphatic heterocycles. The second-order valence-corrected chi connectivity index (χ2v) is 7.59. The molecule has 1 rings (SSSR count). The molecule has 0 spiro atoms. The zero-order valence-electron chi connectivity index (χ0n) is 14.2. The van der Waals surface area contributed by atoms with Crippen LogP contribution in [0.3, 0.4) is 0 Å². The number of nitrogens with two attached hydrogens (primary N) is 1. The van der Waals surface area contributed by atoms with Gasteiger partial charge >= 0.3 is 6.09 Å². The lowest BCUT2D eigenvalue weighted by Gasteiger charge is -2.24. The van der Waals surface area contributed by atoms with Crippen LogP contribution in [0.4, 0.5) is 9.18 Å². The Morgan fingerprint density at radius 3 is 2.60 bits per heavy atom. The molecule has 1 atom stereocenters. The van der Waals surface area contributed by atoms with Gasteiger partial charge < -0.3 is 20.5 Å². The fourth-order valence-electron chi connectivity index (χ4n) is 1.82. The van der Waals surface area contributed by atoms with Crippen LogP contribution in [0.2, 0.25) is 5.02 Å². The molecule has 3 N–H and O–H groups in total. The van der Waals surface area contributed by atoms with Crippen LogP contribution < -0.4 is 15.8 Å². The molecule has 1 aromatic carbocycles. The van der Waals surface area contributed by atoms with E-state index in [0.29, 0.717) is 4.47 Å². The maximum atomic E-state index is 13.5. The number of nitrogens with one attached hydrogen (secondary N) is 1. The molecule has 25 heavy (non-hydrogen) atoms. The van der Waals surface area contributed by atoms with Crippen molar-refractivity contribution in [3.63, 3.8) is 0 Å². The zero-order valence-corrected chi connectivity index (χ0v) is 16.5. The number of amides is 2. The summed E-state index contributed by atoms with van der Waals surface area (Å²) < 4.78 is 24.5. The summed E-state index contributed by atoms with van der Waals surface area (Å²) in [5.41, 5.74) is 4.47. The first-order valence-corrected chi connectivity index (χ1v) is 8.70. The summed E-state index contributed by atoms with van der Waals surface area (Å²) in [4.78, 5) is 22.9. The van der Waals surface area contributed by atoms with Gasteiger partial charge in [-0.05, 0) is 49.2 Å². The number of alkyl carbamates (subject to hydrolysis) is 1. The number of halogens is 3. The fraction of sp³-hybridized carbons (Fsp3) is 0.500. The van der Waals surface area contributed by atoms with Crippen molar-refractivity contribution in [3.8, 4) is 5.75 Å². The van der Waals surface area contributed by atoms with E-state index < -0.39 is 29.5 Å². The first kappa shape index (κ1) is 21.5. The third-order valence-electron chi connectivity index (χ3n) is 2.86. The molecule has 0 saturated carbocycles. The maximum Gasteiger partial charge on any atom is 0.407 e. The molecule has 0 aromatic heterocycles. The lowest BCUT2D eigenvalue weighted by molar-refractivity contribution is -0.118. The third kappa shape index (κ3) is 8.40. The second-order valence-electron chi connectivity index (χ2n) is 6.36. The molecule has 1 aromatic rings. The second kappa shape index (κ2) is 9.24. The number of carbonyl (C=O) groups excluding carboxylic acids is 2. The van der Waals surface area contributed by atoms with Crippen molar-refractivity contribution < 1.29 is 23.5 Å². The van der Waals surface area contributed by atoms with Crippen molar-refractivity contribution in [2.45, 2.75) is 45.3 Å². The normalized spacial score (nSPS) is 12.4. The van der Waals surface area contributed by atoms with Gasteiger partial charge in [0.1, 0.15) is 23.8 Å². The van der Waals surface area contributed by atoms with Gasteiger partial charge in [0.25, 0.3) is 0 Å². The summed E-state index contributed by atoms with van der Waals surface area (Å²) >= 11 is 9.17. The van der Waals surface area contributed by atoms with Crippen LogP contribution in [0.15, 0.2) is 16.6 Å². The Balaban J connectivity index is 2.76. The lowest BCUT2D eigenvalue weighted by Crippen LogP contribution is -2.42. The summed E-state index contributed by atoms with van der Waals surface area (Å²) in [6.07, 6.45) is -0.371. The van der Waals surface area contributed by atoms with E-state index in [1.54, 1.807) is 20.8 Å². The van der Waals surface area contributed by atoms with Gasteiger partial charge in [-0.2, -0.15) is 0 Å². The minimum atomic E-state index is -0.671. The predicted octanol–water partition coefficient (Wildman–Crippen LogP) is 3.78. The van der Waals surface area contributed by atoms with Crippen molar-refractivity contribution >= 4 is 39.5 Å². The van der Waals surface area contributed by atoms with Gasteiger partial charge in [0, 0.05) is 17.0 Å². The molecular formula is C16H21BrClFN2O4. The number of primary amides is 1. The van der Waals surface area contributed by atoms with E-state index >= 15 is 0 Å². The smallest absolute Gasteiger partial charge is 0.407 e. The largest absolute Gasteiger partial charge is 0.490 e. The number of carbonyl (C=O) groups is 2. The highest BCUT2D eigenvalue weighted by molar-refractivity contribution is 9.10. The minimum Gasteiger partial charge on any atom is -0.490 e. The summed E-state index contributed by atoms with van der Waals surface area (Å²) in [5.74, 6) is -0.925. The van der Waals surface area contributed by atoms with Gasteiger partial charge in [0.05, 0.1) is 11.1 Å². The molecule has 2 amide bonds. The SMILES string of the molecule is CC(C)(C)OC(=O)N[C@@H](CCC(N)=O)COc1cc(F)cc(Br)c1Cl. The summed E-state index contributed by atoms with van der Waals surface area (Å²) in [6, 6.07) is 1.77. The Labute approximate surface area is 159 Å². The molecule has 0 aliphatic rings. The van der Waals surface area contributed by atoms with Gasteiger partial charge in [-0.3, -0.25) is 4.79 Å². The summed E-state index contributed by atoms with van der Waals surface area (Å²) in [5, 5.41) is 2.81. The van der Waals surface area contributed by atoms with Gasteiger partial charge in [-0.15, -0.1) is 0 Å². The van der Waals surface area contributed by atoms with E-state index in [9.17, 15) is 14.0 Å². The number of rotatable bonds is 7. The van der Waals surface area contributed by atoms with Crippen LogP contribution >= 0.6 is 27.5 Å². The molecule has 0 heterocycles. The Hall–Kier alpha value is -1.54. The maximum absolute atomic E-state index is 13.5. The molecule has 6 nitrogen and oxygen atoms in total. The molecule has 0 fully saturated rings. The van der Waals surface area contributed by atoms with E-state index in [2.05, 4.69) is 21.2 Å². The molecule has 0 saturated heterocycles. The predicted molar refractivity (Wildman–Crippen MR) is 96.2 cm³/mol. The van der Waals surface area contributed by atoms with Crippen LogP contribution in [-0.4, -0.2) is 30.3 Å². The van der Waals surface area contributed by atoms with E-state index in [-0.39, 0.29) is 30.2 Å². The van der Waals surface area contributed by atoms with E-state index in [4.69, 9.17) is 26.8 Å². The molecule has 0 bridgehead atoms. The highest BCUT2D eigenvalue weighted by atomic mass is 79.9. The van der Waals surface area contributed by atoms with Crippen LogP contribution in [-0.2, 0) is 9.53 Å². The Kier molecular flexibility index (Phi) is 7.95. The van der Waals surface area contributed by atoms with Crippen molar-refractivity contribution in [2.75, 3.05) is 6.61 Å². The average Bonchev–Trinajstić information content (AvgIpc) is 2.44. The molecular weight excluding hydrogens is 419 g/mol. The van der Waals surface area contributed by atoms with Crippen LogP contribution in [0, 0.1) is 5.82 Å². The first-order valence-electron chi connectivity index (χ1n) is 7.53. The van der Waals surface area contributed by atoms with Gasteiger partial charge in [0.15, 0.2) is 0 Å². The minimum absolute atomic E-state index is 0.0395. The van der Waals surface area contributed by atoms with Gasteiger partial charge in [-0.1, -0.05) is 11.6 Å². The van der Waals surface area contributed by atoms with Crippen molar-refractivity contribution in [3.05, 3.63) is 27.4 Å². The van der Waals surface area contributed by atoms with Crippen LogP contribution in [0.5, 0.6) is 5.75 Å². The molecule has 140 valence electrons. The fourth-order valence-corrected chi connectivity index (χ4v) is 2.39. The van der Waals surface area contributed by atoms with E-state index in [0.717, 1.165) is 6.07 Å². The van der Waals surface area contributed by atoms with Gasteiger partial charge in [0.2, 0.25) is 5.91 Å². The molecule has 0 aliphatic carbocycles. The third-order valence-corrected chi connectivity index (χ3v) is 4.10. The quantitative estimate of drug-likeness (QED) is 0.633. The van der Waals surface area contributed by atoms with Crippen molar-refractivity contribution in [1.82, 2.24) is 5.32 Å². The van der Waals surface area contributed by atoms with E-state index in [1.165, 1.54) is 6.07 Å². The Bertz CT molecular complexity index is 637. The Morgan fingerprint density at radius 1 is 1.40 bits per heavy atom. The molecule has 9 heteroatoms. The summed E-state index contributed by atoms with van der Waals surface area (Å²) in [7, 11) is 0. The molecule has 0 radical (unpaired) electrons. The highest BCUT2D eigenvalue weighted by Crippen LogP contribution is 2.33. The Morgan fingerprint density at radius 2 is 2.04 bits per heavy atom. The summed E-state index contributed by atoms with van der Waals surface area (Å²) in [6.45, 7) is 5.14. The average molecular weight is 440 g/mol. The monoisotopic (exact) mass is 438 g/mol.